The molecule has 0 amide bonds. The molecule has 0 bridgehead atoms. The standard InChI is InChI=1S/C14H15N3/c15-13(10-4-2-1-3-5-10)11-6-8-12(9-7-11)14(16)17/h1-9,13H,15H2,(H3,16,17). The minimum atomic E-state index is -0.141. The maximum absolute atomic E-state index is 7.32. The van der Waals surface area contributed by atoms with E-state index in [2.05, 4.69) is 0 Å². The summed E-state index contributed by atoms with van der Waals surface area (Å²) in [5.41, 5.74) is 14.4. The van der Waals surface area contributed by atoms with Crippen LogP contribution in [0.1, 0.15) is 22.7 Å². The van der Waals surface area contributed by atoms with Crippen LogP contribution in [0.4, 0.5) is 0 Å². The van der Waals surface area contributed by atoms with Crippen molar-refractivity contribution < 1.29 is 0 Å². The summed E-state index contributed by atoms with van der Waals surface area (Å²) in [7, 11) is 0. The first kappa shape index (κ1) is 11.4. The third kappa shape index (κ3) is 2.52. The fraction of sp³-hybridized carbons (Fsp3) is 0.0714. The van der Waals surface area contributed by atoms with E-state index < -0.39 is 0 Å². The van der Waals surface area contributed by atoms with Crippen molar-refractivity contribution in [3.05, 3.63) is 71.3 Å². The summed E-state index contributed by atoms with van der Waals surface area (Å²) in [6, 6.07) is 17.2. The molecule has 86 valence electrons. The average molecular weight is 225 g/mol. The smallest absolute Gasteiger partial charge is 0.122 e. The second-order valence-corrected chi connectivity index (χ2v) is 3.92. The van der Waals surface area contributed by atoms with Crippen LogP contribution >= 0.6 is 0 Å². The fourth-order valence-electron chi connectivity index (χ4n) is 1.72. The Morgan fingerprint density at radius 3 is 1.94 bits per heavy atom. The van der Waals surface area contributed by atoms with Crippen LogP contribution in [0, 0.1) is 5.41 Å². The van der Waals surface area contributed by atoms with Gasteiger partial charge in [0.05, 0.1) is 6.04 Å². The van der Waals surface area contributed by atoms with Gasteiger partial charge >= 0.3 is 0 Å². The van der Waals surface area contributed by atoms with Crippen molar-refractivity contribution in [2.75, 3.05) is 0 Å². The van der Waals surface area contributed by atoms with E-state index in [-0.39, 0.29) is 11.9 Å². The number of rotatable bonds is 3. The Balaban J connectivity index is 2.26. The van der Waals surface area contributed by atoms with Crippen molar-refractivity contribution in [2.24, 2.45) is 11.5 Å². The number of amidine groups is 1. The molecule has 17 heavy (non-hydrogen) atoms. The van der Waals surface area contributed by atoms with Gasteiger partial charge in [-0.3, -0.25) is 5.41 Å². The van der Waals surface area contributed by atoms with E-state index in [9.17, 15) is 0 Å². The molecule has 2 aromatic carbocycles. The molecule has 2 aromatic rings. The Morgan fingerprint density at radius 1 is 0.882 bits per heavy atom. The maximum Gasteiger partial charge on any atom is 0.122 e. The topological polar surface area (TPSA) is 75.9 Å². The molecular formula is C14H15N3. The second kappa shape index (κ2) is 4.80. The first-order chi connectivity index (χ1) is 8.18. The fourth-order valence-corrected chi connectivity index (χ4v) is 1.72. The molecule has 2 rings (SSSR count). The van der Waals surface area contributed by atoms with E-state index in [0.29, 0.717) is 5.56 Å². The van der Waals surface area contributed by atoms with Crippen LogP contribution in [0.2, 0.25) is 0 Å². The van der Waals surface area contributed by atoms with Gasteiger partial charge in [-0.15, -0.1) is 0 Å². The Hall–Kier alpha value is -2.13. The predicted molar refractivity (Wildman–Crippen MR) is 69.9 cm³/mol. The van der Waals surface area contributed by atoms with Crippen molar-refractivity contribution in [1.82, 2.24) is 0 Å². The van der Waals surface area contributed by atoms with Crippen molar-refractivity contribution in [2.45, 2.75) is 6.04 Å². The lowest BCUT2D eigenvalue weighted by Crippen LogP contribution is -2.13. The number of nitrogens with one attached hydrogen (secondary N) is 1. The van der Waals surface area contributed by atoms with E-state index >= 15 is 0 Å². The highest BCUT2D eigenvalue weighted by molar-refractivity contribution is 5.94. The van der Waals surface area contributed by atoms with Gasteiger partial charge in [-0.2, -0.15) is 0 Å². The lowest BCUT2D eigenvalue weighted by Gasteiger charge is -2.12. The number of nitrogen functional groups attached to an aromatic ring is 1. The van der Waals surface area contributed by atoms with Gasteiger partial charge in [0.15, 0.2) is 0 Å². The largest absolute Gasteiger partial charge is 0.384 e. The highest BCUT2D eigenvalue weighted by Gasteiger charge is 2.08. The molecule has 0 saturated carbocycles. The van der Waals surface area contributed by atoms with Crippen molar-refractivity contribution in [3.8, 4) is 0 Å². The summed E-state index contributed by atoms with van der Waals surface area (Å²) < 4.78 is 0. The normalized spacial score (nSPS) is 12.1. The molecule has 3 heteroatoms. The number of hydrogen-bond donors (Lipinski definition) is 3. The van der Waals surface area contributed by atoms with Crippen LogP contribution < -0.4 is 11.5 Å². The monoisotopic (exact) mass is 225 g/mol. The summed E-state index contributed by atoms with van der Waals surface area (Å²) in [5, 5.41) is 7.32. The SMILES string of the molecule is N=C(N)c1ccc(C(N)c2ccccc2)cc1. The zero-order valence-corrected chi connectivity index (χ0v) is 9.43. The van der Waals surface area contributed by atoms with Crippen LogP contribution in [-0.2, 0) is 0 Å². The molecule has 1 unspecified atom stereocenters. The molecule has 0 heterocycles. The van der Waals surface area contributed by atoms with Gasteiger partial charge in [0.2, 0.25) is 0 Å². The van der Waals surface area contributed by atoms with E-state index in [4.69, 9.17) is 16.9 Å². The summed E-state index contributed by atoms with van der Waals surface area (Å²) >= 11 is 0. The second-order valence-electron chi connectivity index (χ2n) is 3.92. The molecule has 3 nitrogen and oxygen atoms in total. The van der Waals surface area contributed by atoms with Gasteiger partial charge in [-0.1, -0.05) is 54.6 Å². The van der Waals surface area contributed by atoms with Gasteiger partial charge in [0, 0.05) is 5.56 Å². The molecule has 0 spiro atoms. The minimum absolute atomic E-state index is 0.0739. The summed E-state index contributed by atoms with van der Waals surface area (Å²) in [6.07, 6.45) is 0. The molecule has 0 radical (unpaired) electrons. The van der Waals surface area contributed by atoms with Crippen LogP contribution in [0.5, 0.6) is 0 Å². The maximum atomic E-state index is 7.32. The first-order valence-electron chi connectivity index (χ1n) is 5.43. The first-order valence-corrected chi connectivity index (χ1v) is 5.43. The molecule has 0 aliphatic rings. The Bertz CT molecular complexity index is 503. The minimum Gasteiger partial charge on any atom is -0.384 e. The lowest BCUT2D eigenvalue weighted by molar-refractivity contribution is 0.871. The van der Waals surface area contributed by atoms with Gasteiger partial charge < -0.3 is 11.5 Å². The molecule has 0 fully saturated rings. The molecule has 0 aliphatic heterocycles. The molecule has 5 N–H and O–H groups in total. The molecule has 1 atom stereocenters. The third-order valence-corrected chi connectivity index (χ3v) is 2.74. The van der Waals surface area contributed by atoms with Crippen LogP contribution in [0.25, 0.3) is 0 Å². The van der Waals surface area contributed by atoms with Crippen LogP contribution in [-0.4, -0.2) is 5.84 Å². The molecule has 0 aromatic heterocycles. The number of benzene rings is 2. The van der Waals surface area contributed by atoms with E-state index in [1.165, 1.54) is 0 Å². The van der Waals surface area contributed by atoms with Crippen LogP contribution in [0.15, 0.2) is 54.6 Å². The zero-order chi connectivity index (χ0) is 12.3. The third-order valence-electron chi connectivity index (χ3n) is 2.74. The van der Waals surface area contributed by atoms with E-state index in [0.717, 1.165) is 11.1 Å². The quantitative estimate of drug-likeness (QED) is 0.552. The average Bonchev–Trinajstić information content (AvgIpc) is 2.39. The summed E-state index contributed by atoms with van der Waals surface area (Å²) in [6.45, 7) is 0. The van der Waals surface area contributed by atoms with Crippen LogP contribution in [0.3, 0.4) is 0 Å². The number of hydrogen-bond acceptors (Lipinski definition) is 2. The molecule has 0 saturated heterocycles. The number of nitrogens with two attached hydrogens (primary N) is 2. The predicted octanol–water partition coefficient (Wildman–Crippen LogP) is 2.02. The van der Waals surface area contributed by atoms with Gasteiger partial charge in [0.1, 0.15) is 5.84 Å². The Morgan fingerprint density at radius 2 is 1.41 bits per heavy atom. The van der Waals surface area contributed by atoms with Crippen molar-refractivity contribution >= 4 is 5.84 Å². The van der Waals surface area contributed by atoms with E-state index in [1.54, 1.807) is 0 Å². The van der Waals surface area contributed by atoms with E-state index in [1.807, 2.05) is 54.6 Å². The Kier molecular flexibility index (Phi) is 3.21. The van der Waals surface area contributed by atoms with Gasteiger partial charge in [0.25, 0.3) is 0 Å². The van der Waals surface area contributed by atoms with Gasteiger partial charge in [-0.25, -0.2) is 0 Å². The summed E-state index contributed by atoms with van der Waals surface area (Å²) in [5.74, 6) is 0.0739. The Labute approximate surface area is 101 Å². The lowest BCUT2D eigenvalue weighted by atomic mass is 9.98. The van der Waals surface area contributed by atoms with Gasteiger partial charge in [-0.05, 0) is 11.1 Å². The highest BCUT2D eigenvalue weighted by Crippen LogP contribution is 2.19. The zero-order valence-electron chi connectivity index (χ0n) is 9.43. The molecule has 0 aliphatic carbocycles. The van der Waals surface area contributed by atoms with Crippen molar-refractivity contribution in [3.63, 3.8) is 0 Å². The van der Waals surface area contributed by atoms with Crippen molar-refractivity contribution in [1.29, 1.82) is 5.41 Å². The molecular weight excluding hydrogens is 210 g/mol. The summed E-state index contributed by atoms with van der Waals surface area (Å²) in [4.78, 5) is 0. The highest BCUT2D eigenvalue weighted by atomic mass is 14.7.